The van der Waals surface area contributed by atoms with Gasteiger partial charge in [0.25, 0.3) is 5.91 Å². The highest BCUT2D eigenvalue weighted by Gasteiger charge is 2.34. The van der Waals surface area contributed by atoms with Gasteiger partial charge in [-0.05, 0) is 80.1 Å². The Balaban J connectivity index is 1.65. The number of benzene rings is 2. The molecule has 1 aliphatic rings. The molecule has 0 saturated carbocycles. The summed E-state index contributed by atoms with van der Waals surface area (Å²) < 4.78 is 5.42. The molecule has 1 aliphatic heterocycles. The Morgan fingerprint density at radius 2 is 2.07 bits per heavy atom. The molecule has 0 bridgehead atoms. The first-order valence-corrected chi connectivity index (χ1v) is 10.6. The van der Waals surface area contributed by atoms with E-state index in [1.807, 2.05) is 0 Å². The first-order chi connectivity index (χ1) is 14.1. The number of halogens is 2. The fourth-order valence-electron chi connectivity index (χ4n) is 3.82. The number of hydrogen-bond donors (Lipinski definition) is 1. The van der Waals surface area contributed by atoms with Gasteiger partial charge < -0.3 is 9.64 Å². The maximum Gasteiger partial charge on any atom is 0.277 e. The van der Waals surface area contributed by atoms with E-state index in [4.69, 9.17) is 27.9 Å². The van der Waals surface area contributed by atoms with Gasteiger partial charge >= 0.3 is 0 Å². The lowest BCUT2D eigenvalue weighted by atomic mass is 9.79. The number of anilines is 1. The Labute approximate surface area is 188 Å². The summed E-state index contributed by atoms with van der Waals surface area (Å²) in [6.07, 6.45) is 2.76. The van der Waals surface area contributed by atoms with Crippen molar-refractivity contribution in [2.75, 3.05) is 18.6 Å². The van der Waals surface area contributed by atoms with Gasteiger partial charge in [0.1, 0.15) is 5.75 Å². The minimum absolute atomic E-state index is 0.120. The number of carbonyl (C=O) groups is 1. The second-order valence-electron chi connectivity index (χ2n) is 8.40. The second-order valence-corrected chi connectivity index (χ2v) is 9.24. The van der Waals surface area contributed by atoms with Crippen molar-refractivity contribution in [1.82, 2.24) is 5.43 Å². The number of amides is 1. The van der Waals surface area contributed by atoms with E-state index >= 15 is 0 Å². The van der Waals surface area contributed by atoms with Gasteiger partial charge in [-0.3, -0.25) is 4.79 Å². The number of rotatable bonds is 5. The average molecular weight is 448 g/mol. The molecule has 0 radical (unpaired) electrons. The number of nitrogens with zero attached hydrogens (tertiary/aromatic N) is 2. The first-order valence-electron chi connectivity index (χ1n) is 9.86. The number of ether oxygens (including phenoxy) is 1. The maximum atomic E-state index is 12.0. The van der Waals surface area contributed by atoms with Gasteiger partial charge in [-0.2, -0.15) is 5.10 Å². The minimum Gasteiger partial charge on any atom is -0.482 e. The second kappa shape index (κ2) is 8.86. The van der Waals surface area contributed by atoms with Crippen LogP contribution >= 0.6 is 23.2 Å². The van der Waals surface area contributed by atoms with Gasteiger partial charge in [0.2, 0.25) is 0 Å². The molecular formula is C23H27Cl2N3O2. The summed E-state index contributed by atoms with van der Waals surface area (Å²) in [5, 5.41) is 4.96. The molecule has 0 unspecified atom stereocenters. The quantitative estimate of drug-likeness (QED) is 0.482. The topological polar surface area (TPSA) is 53.9 Å². The molecule has 1 amide bonds. The summed E-state index contributed by atoms with van der Waals surface area (Å²) >= 11 is 11.9. The minimum atomic E-state index is -0.372. The van der Waals surface area contributed by atoms with Crippen molar-refractivity contribution in [3.05, 3.63) is 57.1 Å². The zero-order chi connectivity index (χ0) is 22.1. The highest BCUT2D eigenvalue weighted by molar-refractivity contribution is 6.35. The largest absolute Gasteiger partial charge is 0.482 e. The van der Waals surface area contributed by atoms with Crippen LogP contribution in [0.1, 0.15) is 49.8 Å². The summed E-state index contributed by atoms with van der Waals surface area (Å²) in [5.41, 5.74) is 7.26. The van der Waals surface area contributed by atoms with Crippen molar-refractivity contribution in [1.29, 1.82) is 0 Å². The molecule has 0 fully saturated rings. The normalized spacial score (nSPS) is 17.7. The molecule has 0 aliphatic carbocycles. The number of hydrogen-bond acceptors (Lipinski definition) is 4. The highest BCUT2D eigenvalue weighted by Crippen LogP contribution is 2.43. The number of fused-ring (bicyclic) bond motifs is 1. The Kier molecular flexibility index (Phi) is 6.63. The van der Waals surface area contributed by atoms with Crippen molar-refractivity contribution in [2.24, 2.45) is 5.10 Å². The van der Waals surface area contributed by atoms with E-state index in [2.05, 4.69) is 62.3 Å². The van der Waals surface area contributed by atoms with E-state index < -0.39 is 0 Å². The number of hydrazone groups is 1. The van der Waals surface area contributed by atoms with Crippen molar-refractivity contribution in [2.45, 2.75) is 45.6 Å². The van der Waals surface area contributed by atoms with Crippen LogP contribution in [0.2, 0.25) is 10.0 Å². The monoisotopic (exact) mass is 447 g/mol. The molecular weight excluding hydrogens is 421 g/mol. The third-order valence-corrected chi connectivity index (χ3v) is 6.20. The van der Waals surface area contributed by atoms with Crippen molar-refractivity contribution < 1.29 is 9.53 Å². The predicted molar refractivity (Wildman–Crippen MR) is 124 cm³/mol. The molecule has 0 spiro atoms. The van der Waals surface area contributed by atoms with Crippen molar-refractivity contribution >= 4 is 41.0 Å². The molecule has 1 heterocycles. The van der Waals surface area contributed by atoms with Gasteiger partial charge in [0, 0.05) is 23.3 Å². The highest BCUT2D eigenvalue weighted by atomic mass is 35.5. The molecule has 1 atom stereocenters. The SMILES string of the molecule is Cc1cc2c(cc1/C=N/NC(=O)COc1ccc(Cl)cc1Cl)[C@H](C)CC(C)(C)N2C. The third-order valence-electron chi connectivity index (χ3n) is 5.67. The van der Waals surface area contributed by atoms with Crippen LogP contribution in [0.4, 0.5) is 5.69 Å². The molecule has 160 valence electrons. The predicted octanol–water partition coefficient (Wildman–Crippen LogP) is 5.55. The zero-order valence-electron chi connectivity index (χ0n) is 17.9. The third kappa shape index (κ3) is 4.90. The van der Waals surface area contributed by atoms with Crippen LogP contribution in [0.5, 0.6) is 5.75 Å². The van der Waals surface area contributed by atoms with Gasteiger partial charge in [0.05, 0.1) is 11.2 Å². The maximum absolute atomic E-state index is 12.0. The van der Waals surface area contributed by atoms with E-state index in [1.165, 1.54) is 11.3 Å². The van der Waals surface area contributed by atoms with Crippen LogP contribution in [-0.2, 0) is 4.79 Å². The lowest BCUT2D eigenvalue weighted by Crippen LogP contribution is -2.45. The molecule has 5 nitrogen and oxygen atoms in total. The smallest absolute Gasteiger partial charge is 0.277 e. The summed E-state index contributed by atoms with van der Waals surface area (Å²) in [6, 6.07) is 9.20. The summed E-state index contributed by atoms with van der Waals surface area (Å²) in [4.78, 5) is 14.4. The van der Waals surface area contributed by atoms with Crippen molar-refractivity contribution in [3.8, 4) is 5.75 Å². The Bertz CT molecular complexity index is 989. The number of carbonyl (C=O) groups excluding carboxylic acids is 1. The molecule has 2 aromatic carbocycles. The molecule has 3 rings (SSSR count). The number of nitrogens with one attached hydrogen (secondary N) is 1. The lowest BCUT2D eigenvalue weighted by Gasteiger charge is -2.45. The molecule has 0 aromatic heterocycles. The van der Waals surface area contributed by atoms with E-state index in [-0.39, 0.29) is 18.1 Å². The van der Waals surface area contributed by atoms with Gasteiger partial charge in [0.15, 0.2) is 6.61 Å². The van der Waals surface area contributed by atoms with Crippen LogP contribution in [0, 0.1) is 6.92 Å². The van der Waals surface area contributed by atoms with Crippen LogP contribution in [0.25, 0.3) is 0 Å². The average Bonchev–Trinajstić information content (AvgIpc) is 2.66. The van der Waals surface area contributed by atoms with E-state index in [1.54, 1.807) is 24.4 Å². The first kappa shape index (κ1) is 22.4. The molecule has 2 aromatic rings. The Hall–Kier alpha value is -2.24. The summed E-state index contributed by atoms with van der Waals surface area (Å²) in [6.45, 7) is 8.65. The number of aryl methyl sites for hydroxylation is 1. The van der Waals surface area contributed by atoms with E-state index in [9.17, 15) is 4.79 Å². The molecule has 7 heteroatoms. The van der Waals surface area contributed by atoms with Gasteiger partial charge in [-0.1, -0.05) is 30.1 Å². The molecule has 0 saturated heterocycles. The molecule has 30 heavy (non-hydrogen) atoms. The van der Waals surface area contributed by atoms with Gasteiger partial charge in [-0.25, -0.2) is 5.43 Å². The van der Waals surface area contributed by atoms with E-state index in [0.29, 0.717) is 21.7 Å². The van der Waals surface area contributed by atoms with Crippen LogP contribution in [-0.4, -0.2) is 31.3 Å². The van der Waals surface area contributed by atoms with Gasteiger partial charge in [-0.15, -0.1) is 0 Å². The van der Waals surface area contributed by atoms with Crippen LogP contribution < -0.4 is 15.1 Å². The Morgan fingerprint density at radius 3 is 2.77 bits per heavy atom. The van der Waals surface area contributed by atoms with Crippen molar-refractivity contribution in [3.63, 3.8) is 0 Å². The Morgan fingerprint density at radius 1 is 1.33 bits per heavy atom. The van der Waals surface area contributed by atoms with Crippen LogP contribution in [0.15, 0.2) is 35.4 Å². The fourth-order valence-corrected chi connectivity index (χ4v) is 4.28. The van der Waals surface area contributed by atoms with E-state index in [0.717, 1.165) is 17.5 Å². The van der Waals surface area contributed by atoms with Crippen LogP contribution in [0.3, 0.4) is 0 Å². The summed E-state index contributed by atoms with van der Waals surface area (Å²) in [7, 11) is 2.14. The standard InChI is InChI=1S/C23H27Cl2N3O2/c1-14-8-20-18(15(2)11-23(3,4)28(20)5)9-16(14)12-26-27-22(29)13-30-21-7-6-17(24)10-19(21)25/h6-10,12,15H,11,13H2,1-5H3,(H,27,29)/b26-12+/t15-/m1/s1. The summed E-state index contributed by atoms with van der Waals surface area (Å²) in [5.74, 6) is 0.473. The fraction of sp³-hybridized carbons (Fsp3) is 0.391. The zero-order valence-corrected chi connectivity index (χ0v) is 19.4. The lowest BCUT2D eigenvalue weighted by molar-refractivity contribution is -0.123. The molecule has 1 N–H and O–H groups in total.